The Morgan fingerprint density at radius 3 is 2.38 bits per heavy atom. The van der Waals surface area contributed by atoms with Crippen molar-refractivity contribution in [3.8, 4) is 0 Å². The fraction of sp³-hybridized carbons (Fsp3) is 0.167. The summed E-state index contributed by atoms with van der Waals surface area (Å²) in [6, 6.07) is 9.77. The molecule has 0 bridgehead atoms. The van der Waals surface area contributed by atoms with Crippen molar-refractivity contribution in [2.75, 3.05) is 11.1 Å². The molecule has 0 saturated heterocycles. The zero-order valence-electron chi connectivity index (χ0n) is 9.36. The summed E-state index contributed by atoms with van der Waals surface area (Å²) < 4.78 is 0. The molecule has 2 rings (SSSR count). The number of rotatable bonds is 2. The lowest BCUT2D eigenvalue weighted by Crippen LogP contribution is -2.04. The first-order valence-electron chi connectivity index (χ1n) is 5.09. The van der Waals surface area contributed by atoms with E-state index in [1.807, 2.05) is 44.2 Å². The van der Waals surface area contributed by atoms with Gasteiger partial charge in [0.15, 0.2) is 0 Å². The summed E-state index contributed by atoms with van der Waals surface area (Å²) in [7, 11) is 0. The van der Waals surface area contributed by atoms with E-state index in [4.69, 9.17) is 5.73 Å². The molecule has 4 nitrogen and oxygen atoms in total. The van der Waals surface area contributed by atoms with Gasteiger partial charge in [0.2, 0.25) is 5.95 Å². The Bertz CT molecular complexity index is 471. The number of aromatic nitrogens is 2. The minimum atomic E-state index is 0.519. The number of hydrogen-bond donors (Lipinski definition) is 2. The lowest BCUT2D eigenvalue weighted by atomic mass is 10.2. The molecule has 0 radical (unpaired) electrons. The second-order valence-electron chi connectivity index (χ2n) is 3.63. The second-order valence-corrected chi connectivity index (χ2v) is 3.63. The molecule has 0 amide bonds. The van der Waals surface area contributed by atoms with E-state index in [1.54, 1.807) is 0 Å². The van der Waals surface area contributed by atoms with Crippen LogP contribution in [0.15, 0.2) is 30.3 Å². The number of nitrogens with two attached hydrogens (primary N) is 1. The summed E-state index contributed by atoms with van der Waals surface area (Å²) in [5, 5.41) is 3.11. The summed E-state index contributed by atoms with van der Waals surface area (Å²) in [4.78, 5) is 8.51. The number of para-hydroxylation sites is 1. The highest BCUT2D eigenvalue weighted by Gasteiger charge is 2.04. The van der Waals surface area contributed by atoms with Crippen molar-refractivity contribution in [1.29, 1.82) is 0 Å². The van der Waals surface area contributed by atoms with Crippen LogP contribution < -0.4 is 11.1 Å². The summed E-state index contributed by atoms with van der Waals surface area (Å²) in [6.45, 7) is 3.83. The number of nitrogen functional groups attached to an aromatic ring is 1. The van der Waals surface area contributed by atoms with E-state index in [0.717, 1.165) is 16.9 Å². The van der Waals surface area contributed by atoms with Gasteiger partial charge in [0.1, 0.15) is 5.82 Å². The summed E-state index contributed by atoms with van der Waals surface area (Å²) in [5.74, 6) is 1.05. The molecule has 16 heavy (non-hydrogen) atoms. The third kappa shape index (κ3) is 2.11. The number of hydrogen-bond acceptors (Lipinski definition) is 4. The second kappa shape index (κ2) is 4.18. The largest absolute Gasteiger partial charge is 0.383 e. The molecular formula is C12H14N4. The molecule has 82 valence electrons. The van der Waals surface area contributed by atoms with Crippen LogP contribution in [0.4, 0.5) is 17.5 Å². The summed E-state index contributed by atoms with van der Waals surface area (Å²) in [6.07, 6.45) is 0. The molecule has 0 aliphatic heterocycles. The zero-order valence-corrected chi connectivity index (χ0v) is 9.36. The van der Waals surface area contributed by atoms with E-state index in [0.29, 0.717) is 11.8 Å². The van der Waals surface area contributed by atoms with E-state index in [1.165, 1.54) is 0 Å². The molecule has 0 aliphatic carbocycles. The molecule has 1 aromatic carbocycles. The number of anilines is 3. The molecule has 4 heteroatoms. The Morgan fingerprint density at radius 1 is 1.06 bits per heavy atom. The van der Waals surface area contributed by atoms with Crippen LogP contribution >= 0.6 is 0 Å². The molecule has 0 spiro atoms. The first-order valence-corrected chi connectivity index (χ1v) is 5.09. The van der Waals surface area contributed by atoms with E-state index >= 15 is 0 Å². The Hall–Kier alpha value is -2.10. The van der Waals surface area contributed by atoms with E-state index in [9.17, 15) is 0 Å². The van der Waals surface area contributed by atoms with Gasteiger partial charge in [0, 0.05) is 16.9 Å². The van der Waals surface area contributed by atoms with Crippen molar-refractivity contribution in [1.82, 2.24) is 9.97 Å². The highest BCUT2D eigenvalue weighted by atomic mass is 15.1. The lowest BCUT2D eigenvalue weighted by Gasteiger charge is -2.08. The third-order valence-electron chi connectivity index (χ3n) is 2.46. The van der Waals surface area contributed by atoms with Crippen LogP contribution in [-0.2, 0) is 0 Å². The monoisotopic (exact) mass is 214 g/mol. The quantitative estimate of drug-likeness (QED) is 0.805. The maximum absolute atomic E-state index is 5.78. The van der Waals surface area contributed by atoms with Gasteiger partial charge in [-0.05, 0) is 26.0 Å². The average Bonchev–Trinajstić information content (AvgIpc) is 2.27. The standard InChI is InChI=1S/C12H14N4/c1-8-9(2)14-12(16-11(8)13)15-10-6-4-3-5-7-10/h3-7H,1-2H3,(H3,13,14,15,16). The van der Waals surface area contributed by atoms with Crippen LogP contribution in [0.2, 0.25) is 0 Å². The maximum Gasteiger partial charge on any atom is 0.229 e. The number of nitrogens with one attached hydrogen (secondary N) is 1. The van der Waals surface area contributed by atoms with Crippen LogP contribution in [0.5, 0.6) is 0 Å². The van der Waals surface area contributed by atoms with Crippen molar-refractivity contribution in [2.45, 2.75) is 13.8 Å². The van der Waals surface area contributed by atoms with Crippen molar-refractivity contribution in [3.05, 3.63) is 41.6 Å². The predicted molar refractivity (Wildman–Crippen MR) is 65.6 cm³/mol. The third-order valence-corrected chi connectivity index (χ3v) is 2.46. The van der Waals surface area contributed by atoms with E-state index < -0.39 is 0 Å². The first-order chi connectivity index (χ1) is 7.66. The summed E-state index contributed by atoms with van der Waals surface area (Å²) >= 11 is 0. The zero-order chi connectivity index (χ0) is 11.5. The van der Waals surface area contributed by atoms with Gasteiger partial charge in [-0.15, -0.1) is 0 Å². The SMILES string of the molecule is Cc1nc(Nc2ccccc2)nc(N)c1C. The van der Waals surface area contributed by atoms with Crippen molar-refractivity contribution in [2.24, 2.45) is 0 Å². The van der Waals surface area contributed by atoms with Gasteiger partial charge < -0.3 is 11.1 Å². The molecular weight excluding hydrogens is 200 g/mol. The van der Waals surface area contributed by atoms with E-state index in [2.05, 4.69) is 15.3 Å². The number of aryl methyl sites for hydroxylation is 1. The Kier molecular flexibility index (Phi) is 2.72. The number of benzene rings is 1. The van der Waals surface area contributed by atoms with Crippen LogP contribution in [0.1, 0.15) is 11.3 Å². The van der Waals surface area contributed by atoms with Gasteiger partial charge in [-0.25, -0.2) is 4.98 Å². The molecule has 3 N–H and O–H groups in total. The van der Waals surface area contributed by atoms with Crippen molar-refractivity contribution >= 4 is 17.5 Å². The normalized spacial score (nSPS) is 10.1. The smallest absolute Gasteiger partial charge is 0.229 e. The molecule has 1 heterocycles. The van der Waals surface area contributed by atoms with Gasteiger partial charge in [0.05, 0.1) is 0 Å². The van der Waals surface area contributed by atoms with Crippen LogP contribution in [0, 0.1) is 13.8 Å². The average molecular weight is 214 g/mol. The molecule has 0 aliphatic rings. The number of nitrogens with zero attached hydrogens (tertiary/aromatic N) is 2. The topological polar surface area (TPSA) is 63.8 Å². The van der Waals surface area contributed by atoms with Gasteiger partial charge in [-0.3, -0.25) is 0 Å². The molecule has 0 unspecified atom stereocenters. The molecule has 1 aromatic heterocycles. The van der Waals surface area contributed by atoms with Gasteiger partial charge in [0.25, 0.3) is 0 Å². The minimum absolute atomic E-state index is 0.519. The van der Waals surface area contributed by atoms with Crippen molar-refractivity contribution in [3.63, 3.8) is 0 Å². The van der Waals surface area contributed by atoms with Crippen LogP contribution in [0.25, 0.3) is 0 Å². The Labute approximate surface area is 94.5 Å². The van der Waals surface area contributed by atoms with Gasteiger partial charge in [-0.2, -0.15) is 4.98 Å². The van der Waals surface area contributed by atoms with Crippen LogP contribution in [-0.4, -0.2) is 9.97 Å². The fourth-order valence-electron chi connectivity index (χ4n) is 1.36. The summed E-state index contributed by atoms with van der Waals surface area (Å²) in [5.41, 5.74) is 8.56. The molecule has 2 aromatic rings. The maximum atomic E-state index is 5.78. The van der Waals surface area contributed by atoms with Crippen molar-refractivity contribution < 1.29 is 0 Å². The fourth-order valence-corrected chi connectivity index (χ4v) is 1.36. The predicted octanol–water partition coefficient (Wildman–Crippen LogP) is 2.42. The first kappa shape index (κ1) is 10.4. The van der Waals surface area contributed by atoms with E-state index in [-0.39, 0.29) is 0 Å². The van der Waals surface area contributed by atoms with Gasteiger partial charge in [-0.1, -0.05) is 18.2 Å². The highest BCUT2D eigenvalue weighted by molar-refractivity contribution is 5.55. The van der Waals surface area contributed by atoms with Gasteiger partial charge >= 0.3 is 0 Å². The highest BCUT2D eigenvalue weighted by Crippen LogP contribution is 2.17. The molecule has 0 saturated carbocycles. The Balaban J connectivity index is 2.29. The van der Waals surface area contributed by atoms with Crippen LogP contribution in [0.3, 0.4) is 0 Å². The lowest BCUT2D eigenvalue weighted by molar-refractivity contribution is 1.08. The Morgan fingerprint density at radius 2 is 1.75 bits per heavy atom. The molecule has 0 fully saturated rings. The molecule has 0 atom stereocenters. The minimum Gasteiger partial charge on any atom is -0.383 e.